The van der Waals surface area contributed by atoms with Crippen LogP contribution < -0.4 is 10.2 Å². The first-order valence-corrected chi connectivity index (χ1v) is 9.02. The summed E-state index contributed by atoms with van der Waals surface area (Å²) in [7, 11) is 2.22. The molecular formula is C20H26N3O+. The Hall–Kier alpha value is -2.07. The average Bonchev–Trinajstić information content (AvgIpc) is 3.00. The molecule has 1 aliphatic heterocycles. The third-order valence-corrected chi connectivity index (χ3v) is 5.75. The van der Waals surface area contributed by atoms with Gasteiger partial charge in [-0.1, -0.05) is 25.1 Å². The monoisotopic (exact) mass is 324 g/mol. The summed E-state index contributed by atoms with van der Waals surface area (Å²) >= 11 is 0. The Morgan fingerprint density at radius 1 is 1.46 bits per heavy atom. The molecule has 2 aliphatic rings. The number of hydrogen-bond acceptors (Lipinski definition) is 1. The molecule has 0 saturated heterocycles. The molecule has 0 fully saturated rings. The van der Waals surface area contributed by atoms with Crippen molar-refractivity contribution in [2.45, 2.75) is 38.8 Å². The largest absolute Gasteiger partial charge is 0.361 e. The number of fused-ring (bicyclic) bond motifs is 2. The Labute approximate surface area is 142 Å². The van der Waals surface area contributed by atoms with E-state index in [9.17, 15) is 4.79 Å². The van der Waals surface area contributed by atoms with E-state index in [-0.39, 0.29) is 17.9 Å². The maximum absolute atomic E-state index is 12.7. The summed E-state index contributed by atoms with van der Waals surface area (Å²) in [6.07, 6.45) is 6.40. The minimum Gasteiger partial charge on any atom is -0.361 e. The quantitative estimate of drug-likeness (QED) is 0.788. The summed E-state index contributed by atoms with van der Waals surface area (Å²) in [5, 5.41) is 4.49. The molecule has 1 aromatic heterocycles. The maximum Gasteiger partial charge on any atom is 0.232 e. The summed E-state index contributed by atoms with van der Waals surface area (Å²) in [6, 6.07) is 7.14. The van der Waals surface area contributed by atoms with Crippen LogP contribution in [0.3, 0.4) is 0 Å². The van der Waals surface area contributed by atoms with Crippen LogP contribution in [0.5, 0.6) is 0 Å². The molecule has 1 aromatic carbocycles. The maximum atomic E-state index is 12.7. The van der Waals surface area contributed by atoms with Gasteiger partial charge in [-0.15, -0.1) is 0 Å². The molecule has 2 unspecified atom stereocenters. The first-order chi connectivity index (χ1) is 11.6. The molecule has 126 valence electrons. The second kappa shape index (κ2) is 5.78. The highest BCUT2D eigenvalue weighted by Gasteiger charge is 2.38. The Morgan fingerprint density at radius 2 is 2.29 bits per heavy atom. The third kappa shape index (κ3) is 2.37. The minimum atomic E-state index is -0.0407. The van der Waals surface area contributed by atoms with Gasteiger partial charge in [0, 0.05) is 35.1 Å². The smallest absolute Gasteiger partial charge is 0.232 e. The zero-order chi connectivity index (χ0) is 16.8. The number of H-pyrrole nitrogens is 1. The van der Waals surface area contributed by atoms with E-state index in [4.69, 9.17) is 0 Å². The number of quaternary nitrogens is 1. The third-order valence-electron chi connectivity index (χ3n) is 5.75. The van der Waals surface area contributed by atoms with Gasteiger partial charge >= 0.3 is 0 Å². The predicted octanol–water partition coefficient (Wildman–Crippen LogP) is 1.54. The lowest BCUT2D eigenvalue weighted by Gasteiger charge is -2.36. The van der Waals surface area contributed by atoms with Crippen molar-refractivity contribution >= 4 is 22.4 Å². The van der Waals surface area contributed by atoms with Crippen LogP contribution >= 0.6 is 0 Å². The Balaban J connectivity index is 1.75. The minimum absolute atomic E-state index is 0.0407. The van der Waals surface area contributed by atoms with E-state index < -0.39 is 0 Å². The van der Waals surface area contributed by atoms with Gasteiger partial charge in [0.15, 0.2) is 0 Å². The molecule has 2 aromatic rings. The van der Waals surface area contributed by atoms with Crippen molar-refractivity contribution in [3.05, 3.63) is 41.6 Å². The molecule has 0 saturated carbocycles. The molecule has 4 atom stereocenters. The van der Waals surface area contributed by atoms with Crippen molar-refractivity contribution in [2.24, 2.45) is 5.92 Å². The molecule has 4 nitrogen and oxygen atoms in total. The van der Waals surface area contributed by atoms with Crippen molar-refractivity contribution in [2.75, 3.05) is 13.6 Å². The molecule has 0 radical (unpaired) electrons. The lowest BCUT2D eigenvalue weighted by atomic mass is 9.80. The topological polar surface area (TPSA) is 49.3 Å². The number of benzene rings is 1. The lowest BCUT2D eigenvalue weighted by molar-refractivity contribution is -0.900. The summed E-state index contributed by atoms with van der Waals surface area (Å²) in [4.78, 5) is 17.5. The number of aromatic nitrogens is 1. The zero-order valence-electron chi connectivity index (χ0n) is 14.6. The van der Waals surface area contributed by atoms with E-state index in [1.807, 2.05) is 0 Å². The second-order valence-corrected chi connectivity index (χ2v) is 7.40. The highest BCUT2D eigenvalue weighted by Crippen LogP contribution is 2.37. The zero-order valence-corrected chi connectivity index (χ0v) is 14.6. The van der Waals surface area contributed by atoms with Crippen LogP contribution in [0.2, 0.25) is 0 Å². The highest BCUT2D eigenvalue weighted by atomic mass is 16.2. The van der Waals surface area contributed by atoms with Crippen molar-refractivity contribution in [1.29, 1.82) is 0 Å². The van der Waals surface area contributed by atoms with E-state index in [0.29, 0.717) is 6.04 Å². The number of likely N-dealkylation sites (N-methyl/N-ethyl adjacent to an activating group) is 1. The number of carbonyl (C=O) groups is 1. The van der Waals surface area contributed by atoms with Gasteiger partial charge < -0.3 is 15.2 Å². The van der Waals surface area contributed by atoms with E-state index in [1.165, 1.54) is 32.5 Å². The number of carbonyl (C=O) groups excluding carboxylic acids is 1. The number of aromatic amines is 1. The highest BCUT2D eigenvalue weighted by molar-refractivity contribution is 5.98. The fraction of sp³-hybridized carbons (Fsp3) is 0.450. The average molecular weight is 324 g/mol. The summed E-state index contributed by atoms with van der Waals surface area (Å²) < 4.78 is 0. The molecule has 4 heteroatoms. The standard InChI is InChI=1S/C20H25N3O/c1-4-12(2)22-20(24)14-8-16-15-6-5-7-17-19(15)13(10-21-17)9-18(16)23(3)11-14/h5-8,10,12,14,18,21H,4,9,11H2,1-3H3,(H,22,24)/p+1/t12-,14?,18-/m1/s1. The molecule has 0 spiro atoms. The van der Waals surface area contributed by atoms with Crippen LogP contribution in [-0.4, -0.2) is 36.6 Å². The number of nitrogens with one attached hydrogen (secondary N) is 3. The fourth-order valence-corrected chi connectivity index (χ4v) is 4.21. The molecule has 0 bridgehead atoms. The Morgan fingerprint density at radius 3 is 3.08 bits per heavy atom. The summed E-state index contributed by atoms with van der Waals surface area (Å²) in [5.41, 5.74) is 5.26. The number of amides is 1. The first-order valence-electron chi connectivity index (χ1n) is 9.02. The van der Waals surface area contributed by atoms with Crippen molar-refractivity contribution in [1.82, 2.24) is 10.3 Å². The number of rotatable bonds is 3. The van der Waals surface area contributed by atoms with Crippen molar-refractivity contribution in [3.63, 3.8) is 0 Å². The van der Waals surface area contributed by atoms with Crippen molar-refractivity contribution < 1.29 is 9.69 Å². The summed E-state index contributed by atoms with van der Waals surface area (Å²) in [6.45, 7) is 5.04. The van der Waals surface area contributed by atoms with Crippen molar-refractivity contribution in [3.8, 4) is 0 Å². The molecule has 3 N–H and O–H groups in total. The number of hydrogen-bond donors (Lipinski definition) is 3. The van der Waals surface area contributed by atoms with Gasteiger partial charge in [0.05, 0.1) is 13.6 Å². The van der Waals surface area contributed by atoms with Crippen LogP contribution in [0.4, 0.5) is 0 Å². The van der Waals surface area contributed by atoms with Crippen LogP contribution in [-0.2, 0) is 11.2 Å². The van der Waals surface area contributed by atoms with Gasteiger partial charge in [-0.2, -0.15) is 0 Å². The van der Waals surface area contributed by atoms with Crippen LogP contribution in [0.15, 0.2) is 30.5 Å². The Bertz CT molecular complexity index is 819. The first kappa shape index (κ1) is 15.5. The van der Waals surface area contributed by atoms with Crippen LogP contribution in [0.1, 0.15) is 31.4 Å². The second-order valence-electron chi connectivity index (χ2n) is 7.40. The van der Waals surface area contributed by atoms with E-state index in [1.54, 1.807) is 0 Å². The summed E-state index contributed by atoms with van der Waals surface area (Å²) in [5.74, 6) is 0.127. The lowest BCUT2D eigenvalue weighted by Crippen LogP contribution is -3.15. The molecule has 24 heavy (non-hydrogen) atoms. The molecular weight excluding hydrogens is 298 g/mol. The molecule has 1 amide bonds. The van der Waals surface area contributed by atoms with E-state index in [0.717, 1.165) is 19.4 Å². The SMILES string of the molecule is CC[C@@H](C)NC(=O)C1C=C2c3cccc4[nH]cc(c34)C[C@H]2[NH+](C)C1. The van der Waals surface area contributed by atoms with E-state index in [2.05, 4.69) is 61.7 Å². The predicted molar refractivity (Wildman–Crippen MR) is 96.9 cm³/mol. The Kier molecular flexibility index (Phi) is 3.72. The van der Waals surface area contributed by atoms with Gasteiger partial charge in [0.2, 0.25) is 5.91 Å². The molecule has 1 aliphatic carbocycles. The van der Waals surface area contributed by atoms with Crippen LogP contribution in [0.25, 0.3) is 16.5 Å². The molecule has 2 heterocycles. The van der Waals surface area contributed by atoms with Crippen LogP contribution in [0, 0.1) is 5.92 Å². The van der Waals surface area contributed by atoms with Gasteiger partial charge in [0.1, 0.15) is 12.0 Å². The van der Waals surface area contributed by atoms with Gasteiger partial charge in [0.25, 0.3) is 0 Å². The van der Waals surface area contributed by atoms with Gasteiger partial charge in [-0.25, -0.2) is 0 Å². The normalized spacial score (nSPS) is 26.6. The van der Waals surface area contributed by atoms with Gasteiger partial charge in [-0.3, -0.25) is 4.79 Å². The van der Waals surface area contributed by atoms with Gasteiger partial charge in [-0.05, 0) is 30.5 Å². The molecule has 4 rings (SSSR count). The fourth-order valence-electron chi connectivity index (χ4n) is 4.21. The van der Waals surface area contributed by atoms with E-state index >= 15 is 0 Å².